The van der Waals surface area contributed by atoms with Crippen molar-refractivity contribution in [3.63, 3.8) is 0 Å². The van der Waals surface area contributed by atoms with Crippen molar-refractivity contribution < 1.29 is 4.39 Å². The Bertz CT molecular complexity index is 330. The van der Waals surface area contributed by atoms with Crippen molar-refractivity contribution in [2.75, 3.05) is 6.67 Å². The second-order valence-corrected chi connectivity index (χ2v) is 4.10. The van der Waals surface area contributed by atoms with Crippen LogP contribution in [0.4, 0.5) is 4.39 Å². The van der Waals surface area contributed by atoms with Crippen LogP contribution in [0.3, 0.4) is 0 Å². The summed E-state index contributed by atoms with van der Waals surface area (Å²) in [4.78, 5) is 0. The highest BCUT2D eigenvalue weighted by Gasteiger charge is 2.13. The zero-order chi connectivity index (χ0) is 10.7. The molecule has 1 aromatic carbocycles. The summed E-state index contributed by atoms with van der Waals surface area (Å²) in [6.45, 7) is -0.498. The molecule has 0 aliphatic carbocycles. The first kappa shape index (κ1) is 12.1. The summed E-state index contributed by atoms with van der Waals surface area (Å²) >= 11 is 17.5. The molecule has 78 valence electrons. The fourth-order valence-corrected chi connectivity index (χ4v) is 1.88. The summed E-state index contributed by atoms with van der Waals surface area (Å²) in [5.41, 5.74) is 6.29. The van der Waals surface area contributed by atoms with Gasteiger partial charge >= 0.3 is 0 Å². The predicted octanol–water partition coefficient (Wildman–Crippen LogP) is 4.01. The number of hydrogen-bond acceptors (Lipinski definition) is 1. The minimum absolute atomic E-state index is 0.205. The molecule has 0 aromatic heterocycles. The van der Waals surface area contributed by atoms with Crippen molar-refractivity contribution in [2.45, 2.75) is 12.5 Å². The number of nitrogens with two attached hydrogens (primary N) is 1. The fourth-order valence-electron chi connectivity index (χ4n) is 1.12. The van der Waals surface area contributed by atoms with Crippen molar-refractivity contribution in [1.29, 1.82) is 0 Å². The first-order chi connectivity index (χ1) is 6.56. The molecule has 2 N–H and O–H groups in total. The van der Waals surface area contributed by atoms with Crippen LogP contribution in [0.2, 0.25) is 15.1 Å². The van der Waals surface area contributed by atoms with Gasteiger partial charge in [0.15, 0.2) is 0 Å². The normalized spacial score (nSPS) is 12.9. The Labute approximate surface area is 96.9 Å². The molecule has 1 rings (SSSR count). The van der Waals surface area contributed by atoms with Crippen LogP contribution >= 0.6 is 34.8 Å². The molecular weight excluding hydrogens is 247 g/mol. The highest BCUT2D eigenvalue weighted by atomic mass is 35.5. The van der Waals surface area contributed by atoms with Crippen molar-refractivity contribution in [1.82, 2.24) is 0 Å². The average Bonchev–Trinajstić information content (AvgIpc) is 2.11. The molecular formula is C9H9Cl3FN. The van der Waals surface area contributed by atoms with Crippen LogP contribution in [0.25, 0.3) is 0 Å². The van der Waals surface area contributed by atoms with E-state index in [0.717, 1.165) is 0 Å². The number of halogens is 4. The predicted molar refractivity (Wildman–Crippen MR) is 59.0 cm³/mol. The van der Waals surface area contributed by atoms with E-state index in [-0.39, 0.29) is 6.42 Å². The molecule has 0 heterocycles. The van der Waals surface area contributed by atoms with Crippen molar-refractivity contribution in [3.8, 4) is 0 Å². The molecule has 1 aromatic rings. The van der Waals surface area contributed by atoms with Gasteiger partial charge in [-0.2, -0.15) is 0 Å². The molecule has 0 aliphatic heterocycles. The van der Waals surface area contributed by atoms with E-state index in [9.17, 15) is 4.39 Å². The van der Waals surface area contributed by atoms with Gasteiger partial charge in [0.1, 0.15) is 0 Å². The van der Waals surface area contributed by atoms with E-state index in [2.05, 4.69) is 0 Å². The Kier molecular flexibility index (Phi) is 4.45. The molecule has 1 atom stereocenters. The van der Waals surface area contributed by atoms with Crippen LogP contribution in [0, 0.1) is 0 Å². The second-order valence-electron chi connectivity index (χ2n) is 2.87. The number of hydrogen-bond donors (Lipinski definition) is 1. The zero-order valence-corrected chi connectivity index (χ0v) is 9.50. The van der Waals surface area contributed by atoms with E-state index >= 15 is 0 Å². The number of rotatable bonds is 3. The monoisotopic (exact) mass is 255 g/mol. The second kappa shape index (κ2) is 5.17. The summed E-state index contributed by atoms with van der Waals surface area (Å²) in [5, 5.41) is 1.13. The SMILES string of the molecule is N[C@@H](CCF)c1cc(Cl)cc(Cl)c1Cl. The van der Waals surface area contributed by atoms with Crippen LogP contribution in [-0.2, 0) is 0 Å². The lowest BCUT2D eigenvalue weighted by atomic mass is 10.1. The van der Waals surface area contributed by atoms with Gasteiger partial charge in [0.05, 0.1) is 16.7 Å². The maximum atomic E-state index is 12.1. The molecule has 0 radical (unpaired) electrons. The Morgan fingerprint density at radius 2 is 1.93 bits per heavy atom. The van der Waals surface area contributed by atoms with Gasteiger partial charge in [-0.05, 0) is 24.1 Å². The smallest absolute Gasteiger partial charge is 0.0912 e. The van der Waals surface area contributed by atoms with Crippen LogP contribution in [0.15, 0.2) is 12.1 Å². The van der Waals surface area contributed by atoms with Gasteiger partial charge in [0.2, 0.25) is 0 Å². The number of alkyl halides is 1. The molecule has 0 fully saturated rings. The molecule has 14 heavy (non-hydrogen) atoms. The highest BCUT2D eigenvalue weighted by Crippen LogP contribution is 2.33. The third kappa shape index (κ3) is 2.74. The van der Waals surface area contributed by atoms with E-state index < -0.39 is 12.7 Å². The molecule has 0 saturated heterocycles. The van der Waals surface area contributed by atoms with Gasteiger partial charge in [0, 0.05) is 11.1 Å². The quantitative estimate of drug-likeness (QED) is 0.813. The molecule has 1 nitrogen and oxygen atoms in total. The summed E-state index contributed by atoms with van der Waals surface area (Å²) in [6, 6.07) is 2.66. The highest BCUT2D eigenvalue weighted by molar-refractivity contribution is 6.43. The molecule has 0 spiro atoms. The zero-order valence-electron chi connectivity index (χ0n) is 7.24. The van der Waals surface area contributed by atoms with E-state index in [1.165, 1.54) is 6.07 Å². The van der Waals surface area contributed by atoms with Gasteiger partial charge in [-0.25, -0.2) is 0 Å². The summed E-state index contributed by atoms with van der Waals surface area (Å²) in [5.74, 6) is 0. The topological polar surface area (TPSA) is 26.0 Å². The van der Waals surface area contributed by atoms with Crippen molar-refractivity contribution in [3.05, 3.63) is 32.8 Å². The lowest BCUT2D eigenvalue weighted by Gasteiger charge is -2.13. The van der Waals surface area contributed by atoms with E-state index in [1.807, 2.05) is 0 Å². The molecule has 5 heteroatoms. The summed E-state index contributed by atoms with van der Waals surface area (Å²) in [7, 11) is 0. The molecule has 0 amide bonds. The summed E-state index contributed by atoms with van der Waals surface area (Å²) < 4.78 is 12.1. The molecule has 0 unspecified atom stereocenters. The maximum Gasteiger partial charge on any atom is 0.0912 e. The maximum absolute atomic E-state index is 12.1. The third-order valence-electron chi connectivity index (χ3n) is 1.84. The van der Waals surface area contributed by atoms with Gasteiger partial charge in [-0.3, -0.25) is 4.39 Å². The minimum atomic E-state index is -0.498. The van der Waals surface area contributed by atoms with Crippen LogP contribution < -0.4 is 5.73 Å². The van der Waals surface area contributed by atoms with E-state index in [0.29, 0.717) is 20.6 Å². The minimum Gasteiger partial charge on any atom is -0.324 e. The fraction of sp³-hybridized carbons (Fsp3) is 0.333. The Balaban J connectivity index is 3.07. The lowest BCUT2D eigenvalue weighted by Crippen LogP contribution is -2.11. The third-order valence-corrected chi connectivity index (χ3v) is 2.88. The first-order valence-corrected chi connectivity index (χ1v) is 5.15. The van der Waals surface area contributed by atoms with E-state index in [1.54, 1.807) is 6.07 Å². The first-order valence-electron chi connectivity index (χ1n) is 4.02. The lowest BCUT2D eigenvalue weighted by molar-refractivity contribution is 0.442. The average molecular weight is 257 g/mol. The van der Waals surface area contributed by atoms with Gasteiger partial charge in [-0.15, -0.1) is 0 Å². The van der Waals surface area contributed by atoms with Crippen LogP contribution in [0.1, 0.15) is 18.0 Å². The summed E-state index contributed by atoms with van der Waals surface area (Å²) in [6.07, 6.45) is 0.205. The Morgan fingerprint density at radius 1 is 1.29 bits per heavy atom. The van der Waals surface area contributed by atoms with Gasteiger partial charge < -0.3 is 5.73 Å². The van der Waals surface area contributed by atoms with E-state index in [4.69, 9.17) is 40.5 Å². The number of benzene rings is 1. The van der Waals surface area contributed by atoms with Gasteiger partial charge in [-0.1, -0.05) is 34.8 Å². The Morgan fingerprint density at radius 3 is 2.50 bits per heavy atom. The molecule has 0 saturated carbocycles. The largest absolute Gasteiger partial charge is 0.324 e. The Hall–Kier alpha value is -0.0200. The van der Waals surface area contributed by atoms with Gasteiger partial charge in [0.25, 0.3) is 0 Å². The van der Waals surface area contributed by atoms with Crippen molar-refractivity contribution in [2.24, 2.45) is 5.73 Å². The van der Waals surface area contributed by atoms with Crippen molar-refractivity contribution >= 4 is 34.8 Å². The van der Waals surface area contributed by atoms with Crippen LogP contribution in [-0.4, -0.2) is 6.67 Å². The van der Waals surface area contributed by atoms with Crippen LogP contribution in [0.5, 0.6) is 0 Å². The molecule has 0 bridgehead atoms. The molecule has 0 aliphatic rings. The standard InChI is InChI=1S/C9H9Cl3FN/c10-5-3-6(8(14)1-2-13)9(12)7(11)4-5/h3-4,8H,1-2,14H2/t8-/m0/s1.